The van der Waals surface area contributed by atoms with E-state index in [2.05, 4.69) is 0 Å². The summed E-state index contributed by atoms with van der Waals surface area (Å²) >= 11 is 0. The van der Waals surface area contributed by atoms with E-state index in [1.807, 2.05) is 19.3 Å². The lowest BCUT2D eigenvalue weighted by Gasteiger charge is -2.49. The Morgan fingerprint density at radius 3 is 2.76 bits per heavy atom. The molecule has 7 heteroatoms. The Morgan fingerprint density at radius 1 is 1.48 bits per heavy atom. The van der Waals surface area contributed by atoms with Gasteiger partial charge in [-0.3, -0.25) is 4.79 Å². The van der Waals surface area contributed by atoms with Crippen LogP contribution in [0, 0.1) is 5.92 Å². The van der Waals surface area contributed by atoms with Gasteiger partial charge in [0.25, 0.3) is 5.91 Å². The molecule has 0 aliphatic carbocycles. The lowest BCUT2D eigenvalue weighted by Crippen LogP contribution is -2.68. The molecule has 0 aromatic carbocycles. The number of rotatable bonds is 3. The third-order valence-corrected chi connectivity index (χ3v) is 7.44. The van der Waals surface area contributed by atoms with E-state index in [1.165, 1.54) is 0 Å². The predicted molar refractivity (Wildman–Crippen MR) is 77.8 cm³/mol. The van der Waals surface area contributed by atoms with Gasteiger partial charge in [0.2, 0.25) is 0 Å². The Kier molecular flexibility index (Phi) is 3.37. The van der Waals surface area contributed by atoms with Crippen molar-refractivity contribution in [3.05, 3.63) is 24.0 Å². The van der Waals surface area contributed by atoms with Crippen molar-refractivity contribution in [2.24, 2.45) is 13.0 Å². The Hall–Kier alpha value is -1.34. The quantitative estimate of drug-likeness (QED) is 0.805. The van der Waals surface area contributed by atoms with Crippen molar-refractivity contribution in [1.82, 2.24) is 9.47 Å². The number of sulfone groups is 1. The van der Waals surface area contributed by atoms with E-state index >= 15 is 0 Å². The van der Waals surface area contributed by atoms with Gasteiger partial charge in [-0.05, 0) is 18.6 Å². The van der Waals surface area contributed by atoms with E-state index in [-0.39, 0.29) is 30.7 Å². The van der Waals surface area contributed by atoms with Crippen molar-refractivity contribution >= 4 is 15.7 Å². The number of carbonyl (C=O) groups is 1. The summed E-state index contributed by atoms with van der Waals surface area (Å²) in [6, 6.07) is 3.56. The average Bonchev–Trinajstić information content (AvgIpc) is 2.90. The van der Waals surface area contributed by atoms with E-state index in [9.17, 15) is 13.2 Å². The number of aromatic nitrogens is 1. The minimum Gasteiger partial charge on any atom is -0.384 e. The average molecular weight is 312 g/mol. The monoisotopic (exact) mass is 312 g/mol. The molecule has 3 heterocycles. The molecule has 0 radical (unpaired) electrons. The van der Waals surface area contributed by atoms with Gasteiger partial charge in [-0.15, -0.1) is 0 Å². The molecule has 2 saturated heterocycles. The molecule has 0 saturated carbocycles. The number of carbonyl (C=O) groups excluding carboxylic acids is 1. The molecule has 0 bridgehead atoms. The van der Waals surface area contributed by atoms with Crippen LogP contribution in [0.25, 0.3) is 0 Å². The van der Waals surface area contributed by atoms with Crippen LogP contribution in [-0.2, 0) is 21.6 Å². The molecule has 0 unspecified atom stereocenters. The van der Waals surface area contributed by atoms with E-state index in [0.717, 1.165) is 0 Å². The van der Waals surface area contributed by atoms with Crippen molar-refractivity contribution < 1.29 is 17.9 Å². The maximum absolute atomic E-state index is 12.4. The summed E-state index contributed by atoms with van der Waals surface area (Å²) in [6.45, 7) is 1.01. The molecule has 6 nitrogen and oxygen atoms in total. The van der Waals surface area contributed by atoms with E-state index in [1.54, 1.807) is 22.6 Å². The van der Waals surface area contributed by atoms with Crippen LogP contribution in [0.2, 0.25) is 0 Å². The van der Waals surface area contributed by atoms with Crippen LogP contribution >= 0.6 is 0 Å². The molecule has 1 atom stereocenters. The fraction of sp³-hybridized carbons (Fsp3) is 0.643. The lowest BCUT2D eigenvalue weighted by atomic mass is 9.83. The number of hydrogen-bond acceptors (Lipinski definition) is 4. The number of ether oxygens (including phenoxy) is 1. The van der Waals surface area contributed by atoms with Crippen molar-refractivity contribution in [2.45, 2.75) is 11.2 Å². The van der Waals surface area contributed by atoms with Crippen LogP contribution in [-0.4, -0.2) is 61.1 Å². The molecular formula is C14H20N2O4S. The molecule has 1 spiro atoms. The number of methoxy groups -OCH3 is 1. The lowest BCUT2D eigenvalue weighted by molar-refractivity contribution is 0.0329. The van der Waals surface area contributed by atoms with Gasteiger partial charge >= 0.3 is 0 Å². The standard InChI is InChI=1S/C14H20N2O4S/c1-15-6-3-4-12(15)13(17)16-9-14(10-16)11(8-20-2)5-7-21(14,18)19/h3-4,6,11H,5,7-10H2,1-2H3/t11-/m1/s1. The largest absolute Gasteiger partial charge is 0.384 e. The number of hydrogen-bond donors (Lipinski definition) is 0. The molecule has 2 aliphatic heterocycles. The van der Waals surface area contributed by atoms with Gasteiger partial charge in [-0.2, -0.15) is 0 Å². The first kappa shape index (κ1) is 14.6. The number of nitrogens with zero attached hydrogens (tertiary/aromatic N) is 2. The van der Waals surface area contributed by atoms with Gasteiger partial charge in [0, 0.05) is 39.4 Å². The second kappa shape index (κ2) is 4.84. The van der Waals surface area contributed by atoms with Crippen LogP contribution in [0.5, 0.6) is 0 Å². The number of amides is 1. The zero-order chi connectivity index (χ0) is 15.3. The molecule has 21 heavy (non-hydrogen) atoms. The van der Waals surface area contributed by atoms with Crippen molar-refractivity contribution in [2.75, 3.05) is 32.6 Å². The van der Waals surface area contributed by atoms with Gasteiger partial charge in [-0.25, -0.2) is 8.42 Å². The summed E-state index contributed by atoms with van der Waals surface area (Å²) in [6.07, 6.45) is 2.44. The molecule has 1 aromatic heterocycles. The highest BCUT2D eigenvalue weighted by Gasteiger charge is 2.62. The highest BCUT2D eigenvalue weighted by atomic mass is 32.2. The second-order valence-electron chi connectivity index (χ2n) is 5.99. The van der Waals surface area contributed by atoms with Crippen LogP contribution in [0.1, 0.15) is 16.9 Å². The van der Waals surface area contributed by atoms with Crippen molar-refractivity contribution in [3.8, 4) is 0 Å². The Bertz CT molecular complexity index is 658. The molecule has 116 valence electrons. The molecule has 2 aliphatic rings. The minimum absolute atomic E-state index is 0.00929. The van der Waals surface area contributed by atoms with Crippen LogP contribution in [0.3, 0.4) is 0 Å². The van der Waals surface area contributed by atoms with Crippen LogP contribution in [0.4, 0.5) is 0 Å². The summed E-state index contributed by atoms with van der Waals surface area (Å²) < 4.78 is 30.9. The van der Waals surface area contributed by atoms with E-state index < -0.39 is 14.6 Å². The summed E-state index contributed by atoms with van der Waals surface area (Å²) in [5.41, 5.74) is 0.587. The maximum atomic E-state index is 12.4. The van der Waals surface area contributed by atoms with E-state index in [0.29, 0.717) is 18.7 Å². The van der Waals surface area contributed by atoms with Gasteiger partial charge in [0.15, 0.2) is 9.84 Å². The SMILES string of the molecule is COC[C@H]1CCS(=O)(=O)C12CN(C(=O)c1cccn1C)C2. The minimum atomic E-state index is -3.15. The predicted octanol–water partition coefficient (Wildman–Crippen LogP) is 0.301. The highest BCUT2D eigenvalue weighted by molar-refractivity contribution is 7.93. The fourth-order valence-electron chi connectivity index (χ4n) is 3.50. The Balaban J connectivity index is 1.79. The van der Waals surface area contributed by atoms with Gasteiger partial charge in [0.05, 0.1) is 12.4 Å². The van der Waals surface area contributed by atoms with Crippen molar-refractivity contribution in [1.29, 1.82) is 0 Å². The number of aryl methyl sites for hydroxylation is 1. The Morgan fingerprint density at radius 2 is 2.19 bits per heavy atom. The zero-order valence-corrected chi connectivity index (χ0v) is 13.1. The van der Waals surface area contributed by atoms with Gasteiger partial charge in [-0.1, -0.05) is 0 Å². The Labute approximate surface area is 124 Å². The van der Waals surface area contributed by atoms with Crippen molar-refractivity contribution in [3.63, 3.8) is 0 Å². The van der Waals surface area contributed by atoms with Crippen LogP contribution < -0.4 is 0 Å². The molecule has 0 N–H and O–H groups in total. The smallest absolute Gasteiger partial charge is 0.270 e. The topological polar surface area (TPSA) is 68.6 Å². The summed E-state index contributed by atoms with van der Waals surface area (Å²) in [5, 5.41) is 0. The third kappa shape index (κ3) is 2.02. The zero-order valence-electron chi connectivity index (χ0n) is 12.3. The molecule has 1 aromatic rings. The second-order valence-corrected chi connectivity index (χ2v) is 8.44. The third-order valence-electron chi connectivity index (χ3n) is 4.83. The maximum Gasteiger partial charge on any atom is 0.270 e. The normalized spacial score (nSPS) is 26.0. The first-order chi connectivity index (χ1) is 9.91. The van der Waals surface area contributed by atoms with E-state index in [4.69, 9.17) is 4.74 Å². The highest BCUT2D eigenvalue weighted by Crippen LogP contribution is 2.45. The molecule has 2 fully saturated rings. The van der Waals surface area contributed by atoms with Crippen LogP contribution in [0.15, 0.2) is 18.3 Å². The molecule has 1 amide bonds. The van der Waals surface area contributed by atoms with Gasteiger partial charge in [0.1, 0.15) is 10.4 Å². The molecular weight excluding hydrogens is 292 g/mol. The van der Waals surface area contributed by atoms with Gasteiger partial charge < -0.3 is 14.2 Å². The first-order valence-corrected chi connectivity index (χ1v) is 8.68. The summed E-state index contributed by atoms with van der Waals surface area (Å²) in [4.78, 5) is 14.0. The number of likely N-dealkylation sites (tertiary alicyclic amines) is 1. The first-order valence-electron chi connectivity index (χ1n) is 7.03. The fourth-order valence-corrected chi connectivity index (χ4v) is 5.90. The summed E-state index contributed by atoms with van der Waals surface area (Å²) in [7, 11) is 0.249. The summed E-state index contributed by atoms with van der Waals surface area (Å²) in [5.74, 6) is 0.0871. The molecule has 3 rings (SSSR count).